The lowest BCUT2D eigenvalue weighted by atomic mass is 10.2. The SMILES string of the molecule is CC(=NN=Cc1cc2ccccc2o1)c1cccs1. The molecule has 0 aliphatic rings. The Labute approximate surface area is 114 Å². The lowest BCUT2D eigenvalue weighted by molar-refractivity contribution is 0.607. The minimum absolute atomic E-state index is 0.712. The van der Waals surface area contributed by atoms with Gasteiger partial charge >= 0.3 is 0 Å². The zero-order valence-electron chi connectivity index (χ0n) is 10.4. The van der Waals surface area contributed by atoms with Crippen molar-refractivity contribution in [2.45, 2.75) is 6.92 Å². The fraction of sp³-hybridized carbons (Fsp3) is 0.0667. The fourth-order valence-electron chi connectivity index (χ4n) is 1.77. The van der Waals surface area contributed by atoms with Gasteiger partial charge in [0.2, 0.25) is 0 Å². The summed E-state index contributed by atoms with van der Waals surface area (Å²) < 4.78 is 5.62. The normalized spacial score (nSPS) is 12.6. The topological polar surface area (TPSA) is 37.9 Å². The second kappa shape index (κ2) is 5.20. The fourth-order valence-corrected chi connectivity index (χ4v) is 2.44. The molecule has 0 radical (unpaired) electrons. The van der Waals surface area contributed by atoms with E-state index in [1.807, 2.05) is 54.8 Å². The molecule has 0 fully saturated rings. The molecule has 4 heteroatoms. The average Bonchev–Trinajstić information content (AvgIpc) is 3.07. The van der Waals surface area contributed by atoms with Crippen molar-refractivity contribution in [3.8, 4) is 0 Å². The molecule has 19 heavy (non-hydrogen) atoms. The molecule has 0 N–H and O–H groups in total. The molecule has 3 nitrogen and oxygen atoms in total. The summed E-state index contributed by atoms with van der Waals surface area (Å²) in [6.45, 7) is 1.95. The number of hydrogen-bond acceptors (Lipinski definition) is 4. The van der Waals surface area contributed by atoms with Gasteiger partial charge in [-0.15, -0.1) is 11.3 Å². The quantitative estimate of drug-likeness (QED) is 0.514. The Morgan fingerprint density at radius 1 is 1.21 bits per heavy atom. The molecular weight excluding hydrogens is 256 g/mol. The first-order chi connectivity index (χ1) is 9.33. The van der Waals surface area contributed by atoms with Gasteiger partial charge in [-0.3, -0.25) is 0 Å². The molecule has 0 saturated carbocycles. The predicted molar refractivity (Wildman–Crippen MR) is 80.3 cm³/mol. The molecule has 94 valence electrons. The number of benzene rings is 1. The number of hydrogen-bond donors (Lipinski definition) is 0. The van der Waals surface area contributed by atoms with Gasteiger partial charge in [0.15, 0.2) is 0 Å². The van der Waals surface area contributed by atoms with Gasteiger partial charge in [0.05, 0.1) is 16.8 Å². The molecule has 2 aromatic heterocycles. The number of furan rings is 1. The van der Waals surface area contributed by atoms with Gasteiger partial charge in [-0.2, -0.15) is 10.2 Å². The summed E-state index contributed by atoms with van der Waals surface area (Å²) in [5.74, 6) is 0.712. The van der Waals surface area contributed by atoms with E-state index in [1.54, 1.807) is 17.6 Å². The number of nitrogens with zero attached hydrogens (tertiary/aromatic N) is 2. The standard InChI is InChI=1S/C15H12N2OS/c1-11(15-7-4-8-19-15)17-16-10-13-9-12-5-2-3-6-14(12)18-13/h2-10H,1H3. The molecule has 0 amide bonds. The minimum atomic E-state index is 0.712. The van der Waals surface area contributed by atoms with Crippen molar-refractivity contribution in [3.05, 3.63) is 58.5 Å². The van der Waals surface area contributed by atoms with Gasteiger partial charge in [-0.25, -0.2) is 0 Å². The summed E-state index contributed by atoms with van der Waals surface area (Å²) in [6, 6.07) is 13.9. The van der Waals surface area contributed by atoms with Crippen molar-refractivity contribution in [2.24, 2.45) is 10.2 Å². The van der Waals surface area contributed by atoms with E-state index in [9.17, 15) is 0 Å². The monoisotopic (exact) mass is 268 g/mol. The van der Waals surface area contributed by atoms with Crippen LogP contribution < -0.4 is 0 Å². The van der Waals surface area contributed by atoms with Gasteiger partial charge in [0.25, 0.3) is 0 Å². The van der Waals surface area contributed by atoms with Crippen molar-refractivity contribution < 1.29 is 4.42 Å². The molecule has 0 unspecified atom stereocenters. The van der Waals surface area contributed by atoms with E-state index >= 15 is 0 Å². The highest BCUT2D eigenvalue weighted by atomic mass is 32.1. The van der Waals surface area contributed by atoms with Gasteiger partial charge in [-0.1, -0.05) is 24.3 Å². The van der Waals surface area contributed by atoms with E-state index in [-0.39, 0.29) is 0 Å². The molecular formula is C15H12N2OS. The molecule has 2 heterocycles. The van der Waals surface area contributed by atoms with Crippen molar-refractivity contribution in [1.82, 2.24) is 0 Å². The highest BCUT2D eigenvalue weighted by Crippen LogP contribution is 2.17. The third-order valence-corrected chi connectivity index (χ3v) is 3.69. The summed E-state index contributed by atoms with van der Waals surface area (Å²) in [4.78, 5) is 1.13. The Morgan fingerprint density at radius 3 is 2.89 bits per heavy atom. The van der Waals surface area contributed by atoms with Crippen LogP contribution in [-0.2, 0) is 0 Å². The van der Waals surface area contributed by atoms with Crippen LogP contribution in [0.3, 0.4) is 0 Å². The Hall–Kier alpha value is -2.20. The van der Waals surface area contributed by atoms with Crippen LogP contribution in [-0.4, -0.2) is 11.9 Å². The van der Waals surface area contributed by atoms with Crippen molar-refractivity contribution in [2.75, 3.05) is 0 Å². The second-order valence-corrected chi connectivity index (χ2v) is 5.04. The zero-order valence-corrected chi connectivity index (χ0v) is 11.2. The Bertz CT molecular complexity index is 705. The molecule has 3 aromatic rings. The summed E-state index contributed by atoms with van der Waals surface area (Å²) in [5, 5.41) is 11.3. The molecule has 0 saturated heterocycles. The Kier molecular flexibility index (Phi) is 3.25. The minimum Gasteiger partial charge on any atom is -0.455 e. The maximum Gasteiger partial charge on any atom is 0.148 e. The van der Waals surface area contributed by atoms with Crippen LogP contribution in [0.2, 0.25) is 0 Å². The van der Waals surface area contributed by atoms with E-state index in [0.29, 0.717) is 5.76 Å². The molecule has 0 aliphatic heterocycles. The van der Waals surface area contributed by atoms with Crippen LogP contribution in [0.5, 0.6) is 0 Å². The largest absolute Gasteiger partial charge is 0.455 e. The van der Waals surface area contributed by atoms with Crippen LogP contribution in [0.1, 0.15) is 17.6 Å². The predicted octanol–water partition coefficient (Wildman–Crippen LogP) is 4.34. The third-order valence-electron chi connectivity index (χ3n) is 2.72. The van der Waals surface area contributed by atoms with E-state index in [1.165, 1.54) is 0 Å². The third kappa shape index (κ3) is 2.63. The van der Waals surface area contributed by atoms with Gasteiger partial charge in [0, 0.05) is 5.39 Å². The second-order valence-electron chi connectivity index (χ2n) is 4.09. The van der Waals surface area contributed by atoms with E-state index in [2.05, 4.69) is 10.2 Å². The maximum absolute atomic E-state index is 5.62. The van der Waals surface area contributed by atoms with Crippen LogP contribution in [0.4, 0.5) is 0 Å². The number of thiophene rings is 1. The Morgan fingerprint density at radius 2 is 2.11 bits per heavy atom. The van der Waals surface area contributed by atoms with E-state index in [4.69, 9.17) is 4.42 Å². The van der Waals surface area contributed by atoms with Crippen LogP contribution in [0, 0.1) is 0 Å². The molecule has 1 aromatic carbocycles. The highest BCUT2D eigenvalue weighted by molar-refractivity contribution is 7.12. The summed E-state index contributed by atoms with van der Waals surface area (Å²) in [6.07, 6.45) is 1.64. The lowest BCUT2D eigenvalue weighted by Gasteiger charge is -1.90. The molecule has 0 spiro atoms. The molecule has 0 aliphatic carbocycles. The summed E-state index contributed by atoms with van der Waals surface area (Å²) >= 11 is 1.65. The van der Waals surface area contributed by atoms with E-state index in [0.717, 1.165) is 21.6 Å². The first-order valence-corrected chi connectivity index (χ1v) is 6.81. The van der Waals surface area contributed by atoms with Crippen LogP contribution in [0.15, 0.2) is 62.5 Å². The lowest BCUT2D eigenvalue weighted by Crippen LogP contribution is -1.88. The van der Waals surface area contributed by atoms with Crippen LogP contribution >= 0.6 is 11.3 Å². The highest BCUT2D eigenvalue weighted by Gasteiger charge is 2.00. The average molecular weight is 268 g/mol. The number of para-hydroxylation sites is 1. The van der Waals surface area contributed by atoms with Gasteiger partial charge in [-0.05, 0) is 30.5 Å². The molecule has 3 rings (SSSR count). The molecule has 0 bridgehead atoms. The maximum atomic E-state index is 5.62. The van der Waals surface area contributed by atoms with Crippen molar-refractivity contribution in [1.29, 1.82) is 0 Å². The van der Waals surface area contributed by atoms with Gasteiger partial charge in [0.1, 0.15) is 11.3 Å². The van der Waals surface area contributed by atoms with Crippen molar-refractivity contribution >= 4 is 34.2 Å². The zero-order chi connectivity index (χ0) is 13.1. The first kappa shape index (κ1) is 11.9. The van der Waals surface area contributed by atoms with Crippen molar-refractivity contribution in [3.63, 3.8) is 0 Å². The van der Waals surface area contributed by atoms with E-state index < -0.39 is 0 Å². The summed E-state index contributed by atoms with van der Waals surface area (Å²) in [5.41, 5.74) is 1.77. The summed E-state index contributed by atoms with van der Waals surface area (Å²) in [7, 11) is 0. The van der Waals surface area contributed by atoms with Crippen LogP contribution in [0.25, 0.3) is 11.0 Å². The smallest absolute Gasteiger partial charge is 0.148 e. The first-order valence-electron chi connectivity index (χ1n) is 5.93. The Balaban J connectivity index is 1.81. The number of fused-ring (bicyclic) bond motifs is 1. The number of rotatable bonds is 3. The van der Waals surface area contributed by atoms with Gasteiger partial charge < -0.3 is 4.42 Å². The molecule has 0 atom stereocenters.